The van der Waals surface area contributed by atoms with Crippen LogP contribution < -0.4 is 11.2 Å². The number of nitrogens with zero attached hydrogens (tertiary/aromatic N) is 3. The molecular weight excluding hydrogens is 338 g/mol. The van der Waals surface area contributed by atoms with Gasteiger partial charge < -0.3 is 4.57 Å². The summed E-state index contributed by atoms with van der Waals surface area (Å²) in [7, 11) is 3.23. The van der Waals surface area contributed by atoms with Crippen molar-refractivity contribution in [3.63, 3.8) is 0 Å². The Bertz CT molecular complexity index is 1260. The van der Waals surface area contributed by atoms with Crippen molar-refractivity contribution in [1.82, 2.24) is 13.7 Å². The fraction of sp³-hybridized carbons (Fsp3) is 0.182. The summed E-state index contributed by atoms with van der Waals surface area (Å²) in [6.07, 6.45) is 1.91. The van der Waals surface area contributed by atoms with Crippen LogP contribution in [0.1, 0.15) is 11.1 Å². The quantitative estimate of drug-likeness (QED) is 0.564. The second-order valence-corrected chi connectivity index (χ2v) is 6.87. The first-order valence-electron chi connectivity index (χ1n) is 8.88. The van der Waals surface area contributed by atoms with Crippen molar-refractivity contribution < 1.29 is 0 Å². The lowest BCUT2D eigenvalue weighted by molar-refractivity contribution is 0.714. The molecule has 136 valence electrons. The highest BCUT2D eigenvalue weighted by atomic mass is 16.2. The maximum Gasteiger partial charge on any atom is 0.330 e. The van der Waals surface area contributed by atoms with E-state index in [1.807, 2.05) is 55.6 Å². The van der Waals surface area contributed by atoms with Crippen molar-refractivity contribution in [2.24, 2.45) is 14.1 Å². The van der Waals surface area contributed by atoms with Gasteiger partial charge in [-0.3, -0.25) is 13.9 Å². The molecule has 2 aromatic carbocycles. The predicted molar refractivity (Wildman–Crippen MR) is 108 cm³/mol. The highest BCUT2D eigenvalue weighted by Crippen LogP contribution is 2.30. The van der Waals surface area contributed by atoms with Crippen LogP contribution in [0.2, 0.25) is 0 Å². The van der Waals surface area contributed by atoms with Gasteiger partial charge in [-0.25, -0.2) is 4.79 Å². The lowest BCUT2D eigenvalue weighted by atomic mass is 10.0. The average Bonchev–Trinajstić information content (AvgIpc) is 3.05. The molecule has 0 fully saturated rings. The number of aryl methyl sites for hydroxylation is 2. The van der Waals surface area contributed by atoms with Crippen LogP contribution in [-0.2, 0) is 20.6 Å². The molecule has 4 rings (SSSR count). The smallest absolute Gasteiger partial charge is 0.330 e. The molecule has 5 heteroatoms. The summed E-state index contributed by atoms with van der Waals surface area (Å²) in [5.74, 6) is 0. The summed E-state index contributed by atoms with van der Waals surface area (Å²) in [5.41, 5.74) is 4.13. The molecule has 2 heterocycles. The maximum absolute atomic E-state index is 13.0. The Balaban J connectivity index is 2.11. The molecule has 5 nitrogen and oxygen atoms in total. The molecule has 0 unspecified atom stereocenters. The van der Waals surface area contributed by atoms with E-state index in [0.717, 1.165) is 22.4 Å². The average molecular weight is 359 g/mol. The van der Waals surface area contributed by atoms with Gasteiger partial charge in [-0.05, 0) is 18.1 Å². The first kappa shape index (κ1) is 17.1. The van der Waals surface area contributed by atoms with Crippen molar-refractivity contribution in [2.75, 3.05) is 0 Å². The molecule has 2 aromatic heterocycles. The van der Waals surface area contributed by atoms with Gasteiger partial charge in [0.05, 0.1) is 16.6 Å². The van der Waals surface area contributed by atoms with Gasteiger partial charge in [0.15, 0.2) is 0 Å². The molecule has 0 radical (unpaired) electrons. The van der Waals surface area contributed by atoms with Crippen molar-refractivity contribution in [2.45, 2.75) is 13.5 Å². The van der Waals surface area contributed by atoms with Crippen LogP contribution in [0.3, 0.4) is 0 Å². The number of benzene rings is 2. The Hall–Kier alpha value is -3.34. The minimum atomic E-state index is -0.319. The summed E-state index contributed by atoms with van der Waals surface area (Å²) >= 11 is 0. The maximum atomic E-state index is 13.0. The van der Waals surface area contributed by atoms with Crippen LogP contribution >= 0.6 is 0 Å². The SMILES string of the molecule is Cc1ccccc1-c1c2c(=O)n(C)c(=O)n(C)c2cn1Cc1ccccc1. The zero-order valence-corrected chi connectivity index (χ0v) is 15.6. The zero-order chi connectivity index (χ0) is 19.1. The van der Waals surface area contributed by atoms with Gasteiger partial charge in [-0.2, -0.15) is 0 Å². The van der Waals surface area contributed by atoms with E-state index >= 15 is 0 Å². The molecule has 0 saturated carbocycles. The number of hydrogen-bond donors (Lipinski definition) is 0. The second-order valence-electron chi connectivity index (χ2n) is 6.87. The molecule has 0 aliphatic carbocycles. The van der Waals surface area contributed by atoms with Gasteiger partial charge >= 0.3 is 5.69 Å². The van der Waals surface area contributed by atoms with Crippen LogP contribution in [-0.4, -0.2) is 13.7 Å². The molecule has 0 bridgehead atoms. The molecule has 4 aromatic rings. The lowest BCUT2D eigenvalue weighted by Gasteiger charge is -2.12. The summed E-state index contributed by atoms with van der Waals surface area (Å²) in [6, 6.07) is 18.1. The van der Waals surface area contributed by atoms with Crippen molar-refractivity contribution in [1.29, 1.82) is 0 Å². The second kappa shape index (κ2) is 6.43. The van der Waals surface area contributed by atoms with Crippen LogP contribution in [0.5, 0.6) is 0 Å². The Morgan fingerprint density at radius 2 is 1.52 bits per heavy atom. The van der Waals surface area contributed by atoms with Gasteiger partial charge in [-0.15, -0.1) is 0 Å². The molecule has 0 spiro atoms. The zero-order valence-electron chi connectivity index (χ0n) is 15.6. The molecule has 0 aliphatic heterocycles. The van der Waals surface area contributed by atoms with Gasteiger partial charge in [-0.1, -0.05) is 54.6 Å². The topological polar surface area (TPSA) is 48.9 Å². The highest BCUT2D eigenvalue weighted by Gasteiger charge is 2.20. The fourth-order valence-electron chi connectivity index (χ4n) is 3.62. The summed E-state index contributed by atoms with van der Waals surface area (Å²) in [4.78, 5) is 25.4. The molecule has 27 heavy (non-hydrogen) atoms. The van der Waals surface area contributed by atoms with Crippen molar-refractivity contribution in [3.05, 3.63) is 92.8 Å². The third-order valence-electron chi connectivity index (χ3n) is 5.11. The minimum Gasteiger partial charge on any atom is -0.340 e. The van der Waals surface area contributed by atoms with E-state index in [2.05, 4.69) is 16.7 Å². The van der Waals surface area contributed by atoms with Crippen molar-refractivity contribution >= 4 is 10.9 Å². The molecule has 0 aliphatic rings. The van der Waals surface area contributed by atoms with E-state index in [4.69, 9.17) is 0 Å². The largest absolute Gasteiger partial charge is 0.340 e. The van der Waals surface area contributed by atoms with Gasteiger partial charge in [0.25, 0.3) is 5.56 Å². The monoisotopic (exact) mass is 359 g/mol. The Labute approximate surface area is 156 Å². The number of fused-ring (bicyclic) bond motifs is 1. The van der Waals surface area contributed by atoms with E-state index in [1.165, 1.54) is 11.6 Å². The Morgan fingerprint density at radius 1 is 0.852 bits per heavy atom. The minimum absolute atomic E-state index is 0.266. The molecule has 0 N–H and O–H groups in total. The summed E-state index contributed by atoms with van der Waals surface area (Å²) in [6.45, 7) is 2.66. The normalized spacial score (nSPS) is 11.2. The van der Waals surface area contributed by atoms with Gasteiger partial charge in [0, 0.05) is 32.4 Å². The number of hydrogen-bond acceptors (Lipinski definition) is 2. The van der Waals surface area contributed by atoms with Crippen molar-refractivity contribution in [3.8, 4) is 11.3 Å². The molecule has 0 atom stereocenters. The van der Waals surface area contributed by atoms with E-state index in [9.17, 15) is 9.59 Å². The van der Waals surface area contributed by atoms with E-state index < -0.39 is 0 Å². The number of rotatable bonds is 3. The standard InChI is InChI=1S/C22H21N3O2/c1-15-9-7-8-12-17(15)20-19-18(23(2)22(27)24(3)21(19)26)14-25(20)13-16-10-5-4-6-11-16/h4-12,14H,13H2,1-3H3. The first-order valence-corrected chi connectivity index (χ1v) is 8.88. The van der Waals surface area contributed by atoms with Gasteiger partial charge in [0.1, 0.15) is 0 Å². The third kappa shape index (κ3) is 2.72. The van der Waals surface area contributed by atoms with Crippen LogP contribution in [0.15, 0.2) is 70.4 Å². The first-order chi connectivity index (χ1) is 13.0. The van der Waals surface area contributed by atoms with E-state index in [0.29, 0.717) is 17.4 Å². The summed E-state index contributed by atoms with van der Waals surface area (Å²) < 4.78 is 4.79. The lowest BCUT2D eigenvalue weighted by Crippen LogP contribution is -2.36. The van der Waals surface area contributed by atoms with Crippen LogP contribution in [0.4, 0.5) is 0 Å². The van der Waals surface area contributed by atoms with E-state index in [1.54, 1.807) is 11.6 Å². The Kier molecular flexibility index (Phi) is 4.07. The van der Waals surface area contributed by atoms with E-state index in [-0.39, 0.29) is 11.2 Å². The highest BCUT2D eigenvalue weighted by molar-refractivity contribution is 5.94. The third-order valence-corrected chi connectivity index (χ3v) is 5.11. The summed E-state index contributed by atoms with van der Waals surface area (Å²) in [5, 5.41) is 0.574. The number of aromatic nitrogens is 3. The molecule has 0 saturated heterocycles. The van der Waals surface area contributed by atoms with Crippen LogP contribution in [0, 0.1) is 6.92 Å². The Morgan fingerprint density at radius 3 is 2.22 bits per heavy atom. The van der Waals surface area contributed by atoms with Gasteiger partial charge in [0.2, 0.25) is 0 Å². The van der Waals surface area contributed by atoms with Crippen LogP contribution in [0.25, 0.3) is 22.2 Å². The molecular formula is C22H21N3O2. The molecule has 0 amide bonds. The fourth-order valence-corrected chi connectivity index (χ4v) is 3.62. The predicted octanol–water partition coefficient (Wildman–Crippen LogP) is 3.06.